The molecule has 6 heteroatoms. The molecule has 15 heavy (non-hydrogen) atoms. The van der Waals surface area contributed by atoms with Gasteiger partial charge in [0.1, 0.15) is 0 Å². The lowest BCUT2D eigenvalue weighted by atomic mass is 10.1. The van der Waals surface area contributed by atoms with Gasteiger partial charge in [-0.15, -0.1) is 0 Å². The van der Waals surface area contributed by atoms with Crippen molar-refractivity contribution >= 4 is 11.9 Å². The van der Waals surface area contributed by atoms with Gasteiger partial charge in [0.2, 0.25) is 5.91 Å². The van der Waals surface area contributed by atoms with Crippen molar-refractivity contribution in [3.8, 4) is 0 Å². The Balaban J connectivity index is 3.55. The maximum absolute atomic E-state index is 11.2. The molecule has 0 aromatic rings. The van der Waals surface area contributed by atoms with Crippen molar-refractivity contribution in [2.45, 2.75) is 25.3 Å². The molecule has 0 bridgehead atoms. The van der Waals surface area contributed by atoms with Gasteiger partial charge in [0.05, 0.1) is 6.04 Å². The Morgan fingerprint density at radius 3 is 2.73 bits per heavy atom. The Hall–Kier alpha value is -1.14. The van der Waals surface area contributed by atoms with Crippen molar-refractivity contribution in [1.82, 2.24) is 5.32 Å². The van der Waals surface area contributed by atoms with Crippen molar-refractivity contribution < 1.29 is 19.4 Å². The Labute approximate surface area is 88.8 Å². The van der Waals surface area contributed by atoms with Crippen LogP contribution in [0.3, 0.4) is 0 Å². The first kappa shape index (κ1) is 13.9. The zero-order chi connectivity index (χ0) is 11.7. The summed E-state index contributed by atoms with van der Waals surface area (Å²) in [6, 6.07) is -0.747. The van der Waals surface area contributed by atoms with E-state index in [4.69, 9.17) is 15.6 Å². The van der Waals surface area contributed by atoms with E-state index in [1.54, 1.807) is 7.11 Å². The second-order valence-corrected chi connectivity index (χ2v) is 3.18. The van der Waals surface area contributed by atoms with Crippen LogP contribution in [0.4, 0.5) is 0 Å². The Morgan fingerprint density at radius 2 is 2.20 bits per heavy atom. The smallest absolute Gasteiger partial charge is 0.303 e. The van der Waals surface area contributed by atoms with Crippen molar-refractivity contribution in [1.29, 1.82) is 0 Å². The lowest BCUT2D eigenvalue weighted by molar-refractivity contribution is -0.137. The normalized spacial score (nSPS) is 12.1. The summed E-state index contributed by atoms with van der Waals surface area (Å²) in [5.74, 6) is -1.26. The zero-order valence-corrected chi connectivity index (χ0v) is 8.86. The Morgan fingerprint density at radius 1 is 1.53 bits per heavy atom. The van der Waals surface area contributed by atoms with Gasteiger partial charge in [-0.3, -0.25) is 9.59 Å². The van der Waals surface area contributed by atoms with Gasteiger partial charge in [0, 0.05) is 26.7 Å². The summed E-state index contributed by atoms with van der Waals surface area (Å²) in [6.45, 7) is 1.07. The lowest BCUT2D eigenvalue weighted by Gasteiger charge is -2.10. The van der Waals surface area contributed by atoms with Gasteiger partial charge in [-0.2, -0.15) is 0 Å². The van der Waals surface area contributed by atoms with Crippen LogP contribution in [0.15, 0.2) is 0 Å². The molecular formula is C9H18N2O4. The van der Waals surface area contributed by atoms with E-state index in [1.807, 2.05) is 0 Å². The third kappa shape index (κ3) is 7.90. The molecule has 88 valence electrons. The first-order chi connectivity index (χ1) is 7.07. The molecule has 0 saturated heterocycles. The largest absolute Gasteiger partial charge is 0.481 e. The minimum absolute atomic E-state index is 0.0906. The third-order valence-electron chi connectivity index (χ3n) is 1.83. The van der Waals surface area contributed by atoms with E-state index in [0.717, 1.165) is 0 Å². The van der Waals surface area contributed by atoms with Crippen LogP contribution in [0.5, 0.6) is 0 Å². The predicted molar refractivity (Wildman–Crippen MR) is 54.3 cm³/mol. The number of methoxy groups -OCH3 is 1. The number of nitrogens with two attached hydrogens (primary N) is 1. The second kappa shape index (κ2) is 8.19. The molecule has 0 fully saturated rings. The summed E-state index contributed by atoms with van der Waals surface area (Å²) in [4.78, 5) is 21.5. The molecule has 0 aliphatic heterocycles. The number of carboxylic acid groups (broad SMARTS) is 1. The summed E-state index contributed by atoms with van der Waals surface area (Å²) in [5.41, 5.74) is 5.47. The van der Waals surface area contributed by atoms with Crippen LogP contribution in [-0.2, 0) is 14.3 Å². The van der Waals surface area contributed by atoms with E-state index >= 15 is 0 Å². The molecule has 0 rings (SSSR count). The number of hydrogen-bond acceptors (Lipinski definition) is 4. The fourth-order valence-electron chi connectivity index (χ4n) is 0.969. The van der Waals surface area contributed by atoms with E-state index in [-0.39, 0.29) is 18.7 Å². The van der Waals surface area contributed by atoms with Crippen LogP contribution in [0, 0.1) is 0 Å². The highest BCUT2D eigenvalue weighted by Gasteiger charge is 2.13. The fraction of sp³-hybridized carbons (Fsp3) is 0.778. The van der Waals surface area contributed by atoms with Gasteiger partial charge >= 0.3 is 5.97 Å². The maximum atomic E-state index is 11.2. The number of carboxylic acids is 1. The summed E-state index contributed by atoms with van der Waals surface area (Å²) in [7, 11) is 1.58. The Bertz CT molecular complexity index is 208. The highest BCUT2D eigenvalue weighted by atomic mass is 16.5. The molecule has 0 aliphatic carbocycles. The van der Waals surface area contributed by atoms with Crippen LogP contribution < -0.4 is 11.1 Å². The molecular weight excluding hydrogens is 200 g/mol. The average Bonchev–Trinajstić information content (AvgIpc) is 2.20. The van der Waals surface area contributed by atoms with Crippen LogP contribution in [-0.4, -0.2) is 43.3 Å². The van der Waals surface area contributed by atoms with Gasteiger partial charge in [-0.1, -0.05) is 0 Å². The van der Waals surface area contributed by atoms with Crippen LogP contribution in [0.2, 0.25) is 0 Å². The number of hydrogen-bond donors (Lipinski definition) is 3. The standard InChI is InChI=1S/C9H18N2O4/c1-15-6-2-5-11-9(14)7(10)3-4-8(12)13/h7H,2-6,10H2,1H3,(H,11,14)(H,12,13). The topological polar surface area (TPSA) is 102 Å². The average molecular weight is 218 g/mol. The molecule has 1 unspecified atom stereocenters. The fourth-order valence-corrected chi connectivity index (χ4v) is 0.969. The van der Waals surface area contributed by atoms with Gasteiger partial charge in [-0.05, 0) is 12.8 Å². The number of aliphatic carboxylic acids is 1. The van der Waals surface area contributed by atoms with Gasteiger partial charge < -0.3 is 20.9 Å². The molecule has 0 aliphatic rings. The second-order valence-electron chi connectivity index (χ2n) is 3.18. The van der Waals surface area contributed by atoms with Crippen molar-refractivity contribution in [3.63, 3.8) is 0 Å². The van der Waals surface area contributed by atoms with Crippen LogP contribution in [0.25, 0.3) is 0 Å². The van der Waals surface area contributed by atoms with E-state index in [9.17, 15) is 9.59 Å². The lowest BCUT2D eigenvalue weighted by Crippen LogP contribution is -2.41. The summed E-state index contributed by atoms with van der Waals surface area (Å²) < 4.78 is 4.80. The molecule has 4 N–H and O–H groups in total. The van der Waals surface area contributed by atoms with Gasteiger partial charge in [0.25, 0.3) is 0 Å². The zero-order valence-electron chi connectivity index (χ0n) is 8.86. The number of carbonyl (C=O) groups is 2. The van der Waals surface area contributed by atoms with Crippen molar-refractivity contribution in [2.24, 2.45) is 5.73 Å². The minimum atomic E-state index is -0.947. The number of amides is 1. The van der Waals surface area contributed by atoms with Crippen LogP contribution in [0.1, 0.15) is 19.3 Å². The molecule has 0 aromatic heterocycles. The molecule has 0 heterocycles. The number of carbonyl (C=O) groups excluding carboxylic acids is 1. The Kier molecular flexibility index (Phi) is 7.57. The van der Waals surface area contributed by atoms with Gasteiger partial charge in [0.15, 0.2) is 0 Å². The summed E-state index contributed by atoms with van der Waals surface area (Å²) in [5, 5.41) is 11.0. The van der Waals surface area contributed by atoms with Gasteiger partial charge in [-0.25, -0.2) is 0 Å². The molecule has 0 saturated carbocycles. The first-order valence-electron chi connectivity index (χ1n) is 4.82. The molecule has 0 aromatic carbocycles. The quantitative estimate of drug-likeness (QED) is 0.469. The maximum Gasteiger partial charge on any atom is 0.303 e. The number of rotatable bonds is 8. The van der Waals surface area contributed by atoms with E-state index in [0.29, 0.717) is 19.6 Å². The number of nitrogens with one attached hydrogen (secondary N) is 1. The highest BCUT2D eigenvalue weighted by Crippen LogP contribution is 1.94. The molecule has 1 atom stereocenters. The SMILES string of the molecule is COCCCNC(=O)C(N)CCC(=O)O. The molecule has 6 nitrogen and oxygen atoms in total. The molecule has 0 radical (unpaired) electrons. The van der Waals surface area contributed by atoms with E-state index < -0.39 is 12.0 Å². The first-order valence-corrected chi connectivity index (χ1v) is 4.82. The van der Waals surface area contributed by atoms with Crippen molar-refractivity contribution in [2.75, 3.05) is 20.3 Å². The van der Waals surface area contributed by atoms with E-state index in [2.05, 4.69) is 5.32 Å². The minimum Gasteiger partial charge on any atom is -0.481 e. The van der Waals surface area contributed by atoms with E-state index in [1.165, 1.54) is 0 Å². The molecule has 0 spiro atoms. The monoisotopic (exact) mass is 218 g/mol. The summed E-state index contributed by atoms with van der Waals surface area (Å²) >= 11 is 0. The summed E-state index contributed by atoms with van der Waals surface area (Å²) in [6.07, 6.45) is 0.784. The number of ether oxygens (including phenoxy) is 1. The van der Waals surface area contributed by atoms with Crippen LogP contribution >= 0.6 is 0 Å². The third-order valence-corrected chi connectivity index (χ3v) is 1.83. The molecule has 1 amide bonds. The van der Waals surface area contributed by atoms with Crippen molar-refractivity contribution in [3.05, 3.63) is 0 Å². The predicted octanol–water partition coefficient (Wildman–Crippen LogP) is -0.669. The highest BCUT2D eigenvalue weighted by molar-refractivity contribution is 5.82.